The maximum absolute atomic E-state index is 11.9. The van der Waals surface area contributed by atoms with E-state index in [2.05, 4.69) is 41.8 Å². The number of benzene rings is 2. The standard InChI is InChI=1S/C17H19N3O2S/c1-12-2-4-13(5-3-12)10-23-11-16(21)19-14-6-8-15(9-7-14)20-17(18)22/h2-9H,10-11H2,1H3,(H,19,21)(H3,18,20,22). The van der Waals surface area contributed by atoms with Crippen molar-refractivity contribution in [3.63, 3.8) is 0 Å². The van der Waals surface area contributed by atoms with Gasteiger partial charge < -0.3 is 16.4 Å². The molecule has 0 unspecified atom stereocenters. The molecule has 2 aromatic carbocycles. The molecule has 4 N–H and O–H groups in total. The molecule has 0 atom stereocenters. The summed E-state index contributed by atoms with van der Waals surface area (Å²) in [5.74, 6) is 1.13. The quantitative estimate of drug-likeness (QED) is 0.760. The average Bonchev–Trinajstić information content (AvgIpc) is 2.51. The van der Waals surface area contributed by atoms with Crippen LogP contribution in [0.25, 0.3) is 0 Å². The van der Waals surface area contributed by atoms with Crippen LogP contribution < -0.4 is 16.4 Å². The van der Waals surface area contributed by atoms with Gasteiger partial charge in [0.15, 0.2) is 0 Å². The lowest BCUT2D eigenvalue weighted by atomic mass is 10.2. The van der Waals surface area contributed by atoms with Crippen LogP contribution in [-0.4, -0.2) is 17.7 Å². The first-order valence-corrected chi connectivity index (χ1v) is 8.28. The highest BCUT2D eigenvalue weighted by atomic mass is 32.2. The summed E-state index contributed by atoms with van der Waals surface area (Å²) in [5.41, 5.74) is 8.73. The van der Waals surface area contributed by atoms with Gasteiger partial charge in [-0.15, -0.1) is 11.8 Å². The van der Waals surface area contributed by atoms with Gasteiger partial charge in [0.25, 0.3) is 0 Å². The molecule has 0 aliphatic rings. The molecule has 0 saturated carbocycles. The number of hydrogen-bond donors (Lipinski definition) is 3. The molecule has 0 aromatic heterocycles. The predicted octanol–water partition coefficient (Wildman–Crippen LogP) is 3.36. The fraction of sp³-hybridized carbons (Fsp3) is 0.176. The molecule has 0 spiro atoms. The fourth-order valence-corrected chi connectivity index (χ4v) is 2.71. The number of urea groups is 1. The molecule has 0 bridgehead atoms. The number of primary amides is 1. The van der Waals surface area contributed by atoms with Crippen molar-refractivity contribution >= 4 is 35.1 Å². The normalized spacial score (nSPS) is 10.1. The zero-order chi connectivity index (χ0) is 16.7. The van der Waals surface area contributed by atoms with E-state index in [1.54, 1.807) is 36.0 Å². The zero-order valence-electron chi connectivity index (χ0n) is 12.8. The minimum Gasteiger partial charge on any atom is -0.351 e. The van der Waals surface area contributed by atoms with Crippen molar-refractivity contribution in [3.8, 4) is 0 Å². The predicted molar refractivity (Wildman–Crippen MR) is 95.6 cm³/mol. The Kier molecular flexibility index (Phi) is 6.05. The first-order chi connectivity index (χ1) is 11.0. The van der Waals surface area contributed by atoms with Crippen LogP contribution in [0.1, 0.15) is 11.1 Å². The molecule has 0 saturated heterocycles. The van der Waals surface area contributed by atoms with Gasteiger partial charge in [-0.2, -0.15) is 0 Å². The van der Waals surface area contributed by atoms with Gasteiger partial charge in [-0.1, -0.05) is 29.8 Å². The van der Waals surface area contributed by atoms with Crippen molar-refractivity contribution in [1.82, 2.24) is 0 Å². The molecular formula is C17H19N3O2S. The molecule has 5 nitrogen and oxygen atoms in total. The van der Waals surface area contributed by atoms with Crippen LogP contribution in [0.4, 0.5) is 16.2 Å². The summed E-state index contributed by atoms with van der Waals surface area (Å²) in [5, 5.41) is 5.28. The van der Waals surface area contributed by atoms with Crippen LogP contribution in [0.5, 0.6) is 0 Å². The largest absolute Gasteiger partial charge is 0.351 e. The number of anilines is 2. The molecule has 0 aliphatic heterocycles. The molecule has 0 heterocycles. The summed E-state index contributed by atoms with van der Waals surface area (Å²) in [6, 6.07) is 14.5. The summed E-state index contributed by atoms with van der Waals surface area (Å²) in [7, 11) is 0. The number of nitrogens with one attached hydrogen (secondary N) is 2. The lowest BCUT2D eigenvalue weighted by Gasteiger charge is -2.07. The molecule has 0 fully saturated rings. The minimum atomic E-state index is -0.616. The van der Waals surface area contributed by atoms with Gasteiger partial charge >= 0.3 is 6.03 Å². The third-order valence-corrected chi connectivity index (χ3v) is 4.06. The lowest BCUT2D eigenvalue weighted by molar-refractivity contribution is -0.113. The first kappa shape index (κ1) is 16.9. The number of hydrogen-bond acceptors (Lipinski definition) is 3. The maximum Gasteiger partial charge on any atom is 0.316 e. The van der Waals surface area contributed by atoms with Gasteiger partial charge in [0, 0.05) is 17.1 Å². The van der Waals surface area contributed by atoms with Gasteiger partial charge in [-0.05, 0) is 36.8 Å². The molecule has 3 amide bonds. The number of nitrogens with two attached hydrogens (primary N) is 1. The Labute approximate surface area is 139 Å². The second kappa shape index (κ2) is 8.24. The van der Waals surface area contributed by atoms with E-state index in [-0.39, 0.29) is 5.91 Å². The van der Waals surface area contributed by atoms with E-state index in [9.17, 15) is 9.59 Å². The summed E-state index contributed by atoms with van der Waals surface area (Å²) < 4.78 is 0. The maximum atomic E-state index is 11.9. The fourth-order valence-electron chi connectivity index (χ4n) is 1.92. The number of thioether (sulfide) groups is 1. The number of carbonyl (C=O) groups excluding carboxylic acids is 2. The highest BCUT2D eigenvalue weighted by molar-refractivity contribution is 7.99. The van der Waals surface area contributed by atoms with Crippen LogP contribution in [0.15, 0.2) is 48.5 Å². The third kappa shape index (κ3) is 6.04. The van der Waals surface area contributed by atoms with Crippen molar-refractivity contribution < 1.29 is 9.59 Å². The minimum absolute atomic E-state index is 0.0577. The molecular weight excluding hydrogens is 310 g/mol. The molecule has 2 rings (SSSR count). The van der Waals surface area contributed by atoms with E-state index in [1.165, 1.54) is 11.1 Å². The second-order valence-electron chi connectivity index (χ2n) is 5.09. The van der Waals surface area contributed by atoms with E-state index < -0.39 is 6.03 Å². The van der Waals surface area contributed by atoms with Gasteiger partial charge in [0.05, 0.1) is 5.75 Å². The van der Waals surface area contributed by atoms with E-state index in [0.29, 0.717) is 17.1 Å². The highest BCUT2D eigenvalue weighted by Gasteiger charge is 2.04. The van der Waals surface area contributed by atoms with Gasteiger partial charge in [0.1, 0.15) is 0 Å². The summed E-state index contributed by atoms with van der Waals surface area (Å²) in [6.45, 7) is 2.05. The summed E-state index contributed by atoms with van der Waals surface area (Å²) >= 11 is 1.57. The van der Waals surface area contributed by atoms with E-state index in [0.717, 1.165) is 5.75 Å². The Morgan fingerprint density at radius 1 is 0.957 bits per heavy atom. The van der Waals surface area contributed by atoms with Crippen LogP contribution in [0.2, 0.25) is 0 Å². The molecule has 6 heteroatoms. The molecule has 2 aromatic rings. The highest BCUT2D eigenvalue weighted by Crippen LogP contribution is 2.16. The average molecular weight is 329 g/mol. The van der Waals surface area contributed by atoms with Crippen molar-refractivity contribution in [3.05, 3.63) is 59.7 Å². The number of carbonyl (C=O) groups is 2. The van der Waals surface area contributed by atoms with Crippen LogP contribution in [0.3, 0.4) is 0 Å². The number of aryl methyl sites for hydroxylation is 1. The summed E-state index contributed by atoms with van der Waals surface area (Å²) in [4.78, 5) is 22.6. The van der Waals surface area contributed by atoms with E-state index in [4.69, 9.17) is 5.73 Å². The van der Waals surface area contributed by atoms with Gasteiger partial charge in [-0.25, -0.2) is 4.79 Å². The number of amides is 3. The Morgan fingerprint density at radius 2 is 1.52 bits per heavy atom. The van der Waals surface area contributed by atoms with Crippen molar-refractivity contribution in [2.45, 2.75) is 12.7 Å². The van der Waals surface area contributed by atoms with Crippen LogP contribution >= 0.6 is 11.8 Å². The first-order valence-electron chi connectivity index (χ1n) is 7.12. The lowest BCUT2D eigenvalue weighted by Crippen LogP contribution is -2.19. The Morgan fingerprint density at radius 3 is 2.09 bits per heavy atom. The van der Waals surface area contributed by atoms with E-state index >= 15 is 0 Å². The number of rotatable bonds is 6. The monoisotopic (exact) mass is 329 g/mol. The molecule has 0 radical (unpaired) electrons. The Hall–Kier alpha value is -2.47. The molecule has 120 valence electrons. The van der Waals surface area contributed by atoms with E-state index in [1.807, 2.05) is 0 Å². The Balaban J connectivity index is 1.76. The topological polar surface area (TPSA) is 84.2 Å². The second-order valence-corrected chi connectivity index (χ2v) is 6.08. The summed E-state index contributed by atoms with van der Waals surface area (Å²) in [6.07, 6.45) is 0. The van der Waals surface area contributed by atoms with Gasteiger partial charge in [0.2, 0.25) is 5.91 Å². The molecule has 0 aliphatic carbocycles. The third-order valence-electron chi connectivity index (χ3n) is 3.06. The van der Waals surface area contributed by atoms with Crippen LogP contribution in [-0.2, 0) is 10.5 Å². The smallest absolute Gasteiger partial charge is 0.316 e. The zero-order valence-corrected chi connectivity index (χ0v) is 13.7. The SMILES string of the molecule is Cc1ccc(CSCC(=O)Nc2ccc(NC(N)=O)cc2)cc1. The van der Waals surface area contributed by atoms with Crippen molar-refractivity contribution in [2.75, 3.05) is 16.4 Å². The van der Waals surface area contributed by atoms with Gasteiger partial charge in [-0.3, -0.25) is 4.79 Å². The Bertz CT molecular complexity index is 669. The van der Waals surface area contributed by atoms with Crippen molar-refractivity contribution in [1.29, 1.82) is 0 Å². The molecule has 23 heavy (non-hydrogen) atoms. The van der Waals surface area contributed by atoms with Crippen LogP contribution in [0, 0.1) is 6.92 Å². The van der Waals surface area contributed by atoms with Crippen molar-refractivity contribution in [2.24, 2.45) is 5.73 Å².